The minimum Gasteiger partial charge on any atom is -0.469 e. The van der Waals surface area contributed by atoms with Gasteiger partial charge in [0, 0.05) is 26.1 Å². The second-order valence-electron chi connectivity index (χ2n) is 4.29. The summed E-state index contributed by atoms with van der Waals surface area (Å²) in [5, 5.41) is 8.66. The largest absolute Gasteiger partial charge is 0.469 e. The molecule has 1 aliphatic rings. The summed E-state index contributed by atoms with van der Waals surface area (Å²) < 4.78 is 10.00. The average molecular weight is 259 g/mol. The van der Waals surface area contributed by atoms with E-state index in [2.05, 4.69) is 4.74 Å². The molecule has 1 fully saturated rings. The smallest absolute Gasteiger partial charge is 0.308 e. The third kappa shape index (κ3) is 5.01. The number of esters is 1. The molecule has 1 unspecified atom stereocenters. The normalized spacial score (nSPS) is 19.7. The SMILES string of the molecule is COC(=O)CC1CN(C(=O)CCCCO)CCO1. The van der Waals surface area contributed by atoms with Crippen LogP contribution in [0.5, 0.6) is 0 Å². The molecule has 1 amide bonds. The van der Waals surface area contributed by atoms with Crippen LogP contribution in [0.3, 0.4) is 0 Å². The van der Waals surface area contributed by atoms with Gasteiger partial charge in [-0.1, -0.05) is 0 Å². The van der Waals surface area contributed by atoms with Gasteiger partial charge >= 0.3 is 5.97 Å². The van der Waals surface area contributed by atoms with Gasteiger partial charge in [0.25, 0.3) is 0 Å². The Bertz CT molecular complexity index is 282. The summed E-state index contributed by atoms with van der Waals surface area (Å²) in [5.41, 5.74) is 0. The minimum atomic E-state index is -0.324. The van der Waals surface area contributed by atoms with Gasteiger partial charge in [-0.05, 0) is 12.8 Å². The maximum atomic E-state index is 11.8. The molecule has 1 rings (SSSR count). The first-order chi connectivity index (χ1) is 8.67. The van der Waals surface area contributed by atoms with Crippen molar-refractivity contribution in [2.75, 3.05) is 33.4 Å². The molecule has 0 aromatic rings. The molecule has 1 N–H and O–H groups in total. The minimum absolute atomic E-state index is 0.0571. The van der Waals surface area contributed by atoms with Crippen molar-refractivity contribution in [2.45, 2.75) is 31.8 Å². The molecule has 6 nitrogen and oxygen atoms in total. The van der Waals surface area contributed by atoms with Crippen LogP contribution >= 0.6 is 0 Å². The summed E-state index contributed by atoms with van der Waals surface area (Å²) in [7, 11) is 1.34. The molecular weight excluding hydrogens is 238 g/mol. The van der Waals surface area contributed by atoms with E-state index in [0.29, 0.717) is 39.0 Å². The zero-order chi connectivity index (χ0) is 13.4. The lowest BCUT2D eigenvalue weighted by Crippen LogP contribution is -2.46. The molecule has 0 aromatic heterocycles. The number of hydrogen-bond donors (Lipinski definition) is 1. The first-order valence-electron chi connectivity index (χ1n) is 6.24. The Hall–Kier alpha value is -1.14. The molecule has 1 saturated heterocycles. The summed E-state index contributed by atoms with van der Waals surface area (Å²) in [4.78, 5) is 24.7. The van der Waals surface area contributed by atoms with E-state index in [9.17, 15) is 9.59 Å². The zero-order valence-electron chi connectivity index (χ0n) is 10.8. The summed E-state index contributed by atoms with van der Waals surface area (Å²) in [6.07, 6.45) is 1.67. The van der Waals surface area contributed by atoms with Crippen molar-refractivity contribution in [1.29, 1.82) is 0 Å². The highest BCUT2D eigenvalue weighted by Gasteiger charge is 2.25. The van der Waals surface area contributed by atoms with Crippen molar-refractivity contribution >= 4 is 11.9 Å². The van der Waals surface area contributed by atoms with Crippen molar-refractivity contribution < 1.29 is 24.2 Å². The van der Waals surface area contributed by atoms with Crippen molar-refractivity contribution in [1.82, 2.24) is 4.90 Å². The van der Waals surface area contributed by atoms with Gasteiger partial charge < -0.3 is 19.5 Å². The molecule has 0 spiro atoms. The van der Waals surface area contributed by atoms with Gasteiger partial charge in [0.05, 0.1) is 26.2 Å². The fraction of sp³-hybridized carbons (Fsp3) is 0.833. The number of carbonyl (C=O) groups excluding carboxylic acids is 2. The zero-order valence-corrected chi connectivity index (χ0v) is 10.8. The molecular formula is C12H21NO5. The number of aliphatic hydroxyl groups is 1. The molecule has 18 heavy (non-hydrogen) atoms. The van der Waals surface area contributed by atoms with E-state index in [-0.39, 0.29) is 31.0 Å². The van der Waals surface area contributed by atoms with Crippen molar-refractivity contribution in [3.63, 3.8) is 0 Å². The fourth-order valence-corrected chi connectivity index (χ4v) is 1.88. The molecule has 1 atom stereocenters. The quantitative estimate of drug-likeness (QED) is 0.534. The Labute approximate surface area is 107 Å². The first kappa shape index (κ1) is 14.9. The van der Waals surface area contributed by atoms with E-state index in [1.54, 1.807) is 4.90 Å². The van der Waals surface area contributed by atoms with Gasteiger partial charge in [-0.25, -0.2) is 0 Å². The molecule has 0 saturated carbocycles. The number of methoxy groups -OCH3 is 1. The van der Waals surface area contributed by atoms with Gasteiger partial charge in [0.15, 0.2) is 0 Å². The molecule has 1 aliphatic heterocycles. The Morgan fingerprint density at radius 3 is 2.89 bits per heavy atom. The lowest BCUT2D eigenvalue weighted by atomic mass is 10.1. The number of rotatable bonds is 6. The summed E-state index contributed by atoms with van der Waals surface area (Å²) in [6, 6.07) is 0. The van der Waals surface area contributed by atoms with E-state index in [4.69, 9.17) is 9.84 Å². The maximum absolute atomic E-state index is 11.8. The van der Waals surface area contributed by atoms with E-state index in [1.165, 1.54) is 7.11 Å². The van der Waals surface area contributed by atoms with Crippen LogP contribution in [-0.2, 0) is 19.1 Å². The van der Waals surface area contributed by atoms with Gasteiger partial charge in [-0.3, -0.25) is 9.59 Å². The van der Waals surface area contributed by atoms with Crippen molar-refractivity contribution in [3.8, 4) is 0 Å². The summed E-state index contributed by atoms with van der Waals surface area (Å²) >= 11 is 0. The number of aliphatic hydroxyl groups excluding tert-OH is 1. The van der Waals surface area contributed by atoms with Crippen LogP contribution in [0, 0.1) is 0 Å². The highest BCUT2D eigenvalue weighted by Crippen LogP contribution is 2.11. The standard InChI is InChI=1S/C12H21NO5/c1-17-12(16)8-10-9-13(5-7-18-10)11(15)4-2-3-6-14/h10,14H,2-9H2,1H3. The molecule has 104 valence electrons. The number of ether oxygens (including phenoxy) is 2. The van der Waals surface area contributed by atoms with E-state index < -0.39 is 0 Å². The Kier molecular flexibility index (Phi) is 6.67. The summed E-state index contributed by atoms with van der Waals surface area (Å²) in [6.45, 7) is 1.57. The van der Waals surface area contributed by atoms with Crippen molar-refractivity contribution in [2.24, 2.45) is 0 Å². The van der Waals surface area contributed by atoms with E-state index >= 15 is 0 Å². The number of amides is 1. The van der Waals surface area contributed by atoms with Crippen LogP contribution in [0.1, 0.15) is 25.7 Å². The Balaban J connectivity index is 2.33. The van der Waals surface area contributed by atoms with Crippen LogP contribution in [0.15, 0.2) is 0 Å². The third-order valence-corrected chi connectivity index (χ3v) is 2.91. The average Bonchev–Trinajstić information content (AvgIpc) is 2.39. The molecule has 0 aromatic carbocycles. The maximum Gasteiger partial charge on any atom is 0.308 e. The number of nitrogens with zero attached hydrogens (tertiary/aromatic N) is 1. The van der Waals surface area contributed by atoms with Crippen molar-refractivity contribution in [3.05, 3.63) is 0 Å². The Morgan fingerprint density at radius 1 is 1.44 bits per heavy atom. The van der Waals surface area contributed by atoms with Crippen LogP contribution in [-0.4, -0.2) is 61.4 Å². The van der Waals surface area contributed by atoms with Crippen LogP contribution in [0.2, 0.25) is 0 Å². The summed E-state index contributed by atoms with van der Waals surface area (Å²) in [5.74, 6) is -0.267. The molecule has 1 heterocycles. The van der Waals surface area contributed by atoms with Gasteiger partial charge in [-0.2, -0.15) is 0 Å². The van der Waals surface area contributed by atoms with Gasteiger partial charge in [-0.15, -0.1) is 0 Å². The van der Waals surface area contributed by atoms with E-state index in [1.807, 2.05) is 0 Å². The molecule has 6 heteroatoms. The number of hydrogen-bond acceptors (Lipinski definition) is 5. The molecule has 0 bridgehead atoms. The van der Waals surface area contributed by atoms with Gasteiger partial charge in [0.2, 0.25) is 5.91 Å². The highest BCUT2D eigenvalue weighted by atomic mass is 16.5. The third-order valence-electron chi connectivity index (χ3n) is 2.91. The highest BCUT2D eigenvalue weighted by molar-refractivity contribution is 5.76. The number of carbonyl (C=O) groups is 2. The Morgan fingerprint density at radius 2 is 2.22 bits per heavy atom. The monoisotopic (exact) mass is 259 g/mol. The predicted molar refractivity (Wildman–Crippen MR) is 63.9 cm³/mol. The molecule has 0 radical (unpaired) electrons. The topological polar surface area (TPSA) is 76.1 Å². The second-order valence-corrected chi connectivity index (χ2v) is 4.29. The lowest BCUT2D eigenvalue weighted by Gasteiger charge is -2.32. The number of unbranched alkanes of at least 4 members (excludes halogenated alkanes) is 1. The second kappa shape index (κ2) is 8.05. The van der Waals surface area contributed by atoms with Gasteiger partial charge in [0.1, 0.15) is 0 Å². The van der Waals surface area contributed by atoms with Crippen LogP contribution in [0.4, 0.5) is 0 Å². The number of morpholine rings is 1. The predicted octanol–water partition coefficient (Wildman–Crippen LogP) is -0.0605. The van der Waals surface area contributed by atoms with Crippen LogP contribution < -0.4 is 0 Å². The van der Waals surface area contributed by atoms with E-state index in [0.717, 1.165) is 0 Å². The molecule has 0 aliphatic carbocycles. The lowest BCUT2D eigenvalue weighted by molar-refractivity contribution is -0.150. The van der Waals surface area contributed by atoms with Crippen LogP contribution in [0.25, 0.3) is 0 Å². The first-order valence-corrected chi connectivity index (χ1v) is 6.24. The fourth-order valence-electron chi connectivity index (χ4n) is 1.88.